The average molecular weight is 273 g/mol. The number of rotatable bonds is 4. The molecule has 1 aliphatic rings. The Kier molecular flexibility index (Phi) is 4.04. The molecule has 0 aromatic carbocycles. The minimum absolute atomic E-state index is 0.383. The van der Waals surface area contributed by atoms with Crippen LogP contribution in [0.1, 0.15) is 38.4 Å². The Morgan fingerprint density at radius 1 is 1.61 bits per heavy atom. The highest BCUT2D eigenvalue weighted by molar-refractivity contribution is 7.87. The molecule has 0 spiro atoms. The van der Waals surface area contributed by atoms with E-state index in [0.717, 1.165) is 12.8 Å². The third-order valence-electron chi connectivity index (χ3n) is 3.19. The summed E-state index contributed by atoms with van der Waals surface area (Å²) in [7, 11) is -3.44. The maximum absolute atomic E-state index is 12.2. The summed E-state index contributed by atoms with van der Waals surface area (Å²) < 4.78 is 33.2. The molecular formula is C11H19N3O3S. The molecule has 1 saturated heterocycles. The van der Waals surface area contributed by atoms with Crippen molar-refractivity contribution in [2.45, 2.75) is 32.7 Å². The van der Waals surface area contributed by atoms with E-state index in [1.165, 1.54) is 10.6 Å². The van der Waals surface area contributed by atoms with E-state index in [1.807, 2.05) is 0 Å². The lowest BCUT2D eigenvalue weighted by Crippen LogP contribution is -2.46. The molecule has 1 aromatic rings. The molecule has 102 valence electrons. The SMILES string of the molecule is CC1CCCN(S(=O)(=O)NC(C)c2ccon2)C1. The Labute approximate surface area is 108 Å². The van der Waals surface area contributed by atoms with Crippen molar-refractivity contribution in [3.8, 4) is 0 Å². The van der Waals surface area contributed by atoms with Crippen LogP contribution >= 0.6 is 0 Å². The van der Waals surface area contributed by atoms with Crippen molar-refractivity contribution in [3.63, 3.8) is 0 Å². The van der Waals surface area contributed by atoms with E-state index < -0.39 is 10.2 Å². The number of hydrogen-bond donors (Lipinski definition) is 1. The summed E-state index contributed by atoms with van der Waals surface area (Å²) in [6.45, 7) is 5.00. The monoisotopic (exact) mass is 273 g/mol. The van der Waals surface area contributed by atoms with Crippen LogP contribution in [0, 0.1) is 5.92 Å². The molecule has 18 heavy (non-hydrogen) atoms. The van der Waals surface area contributed by atoms with Gasteiger partial charge in [-0.25, -0.2) is 0 Å². The molecule has 2 unspecified atom stereocenters. The second-order valence-corrected chi connectivity index (χ2v) is 6.58. The first-order chi connectivity index (χ1) is 8.49. The normalized spacial score (nSPS) is 24.0. The molecule has 0 bridgehead atoms. The minimum atomic E-state index is -3.44. The first-order valence-corrected chi connectivity index (χ1v) is 7.60. The van der Waals surface area contributed by atoms with Gasteiger partial charge in [0.05, 0.1) is 6.04 Å². The molecule has 2 atom stereocenters. The molecule has 0 radical (unpaired) electrons. The van der Waals surface area contributed by atoms with Crippen LogP contribution in [-0.2, 0) is 10.2 Å². The predicted molar refractivity (Wildman–Crippen MR) is 66.9 cm³/mol. The summed E-state index contributed by atoms with van der Waals surface area (Å²) in [5.41, 5.74) is 0.587. The summed E-state index contributed by atoms with van der Waals surface area (Å²) in [6.07, 6.45) is 3.44. The number of aromatic nitrogens is 1. The largest absolute Gasteiger partial charge is 0.364 e. The molecule has 1 aromatic heterocycles. The Bertz CT molecular complexity index is 472. The quantitative estimate of drug-likeness (QED) is 0.897. The van der Waals surface area contributed by atoms with E-state index in [9.17, 15) is 8.42 Å². The smallest absolute Gasteiger partial charge is 0.280 e. The van der Waals surface area contributed by atoms with Crippen LogP contribution in [0.15, 0.2) is 16.9 Å². The fourth-order valence-corrected chi connectivity index (χ4v) is 3.70. The van der Waals surface area contributed by atoms with Crippen molar-refractivity contribution in [2.24, 2.45) is 5.92 Å². The summed E-state index contributed by atoms with van der Waals surface area (Å²) in [5.74, 6) is 0.415. The molecule has 1 aliphatic heterocycles. The van der Waals surface area contributed by atoms with Crippen LogP contribution < -0.4 is 4.72 Å². The van der Waals surface area contributed by atoms with Crippen LogP contribution in [0.2, 0.25) is 0 Å². The van der Waals surface area contributed by atoms with Crippen molar-refractivity contribution in [1.29, 1.82) is 0 Å². The summed E-state index contributed by atoms with van der Waals surface area (Å²) in [5, 5.41) is 3.74. The number of nitrogens with zero attached hydrogens (tertiary/aromatic N) is 2. The summed E-state index contributed by atoms with van der Waals surface area (Å²) in [4.78, 5) is 0. The van der Waals surface area contributed by atoms with Gasteiger partial charge in [0.25, 0.3) is 10.2 Å². The standard InChI is InChI=1S/C11H19N3O3S/c1-9-4-3-6-14(8-9)18(15,16)13-10(2)11-5-7-17-12-11/h5,7,9-10,13H,3-4,6,8H2,1-2H3. The van der Waals surface area contributed by atoms with E-state index in [2.05, 4.69) is 16.8 Å². The maximum atomic E-state index is 12.2. The Morgan fingerprint density at radius 2 is 2.39 bits per heavy atom. The fourth-order valence-electron chi connectivity index (χ4n) is 2.17. The first-order valence-electron chi connectivity index (χ1n) is 6.16. The van der Waals surface area contributed by atoms with Gasteiger partial charge in [0, 0.05) is 19.2 Å². The lowest BCUT2D eigenvalue weighted by Gasteiger charge is -2.30. The van der Waals surface area contributed by atoms with Gasteiger partial charge in [0.1, 0.15) is 12.0 Å². The number of piperidine rings is 1. The number of nitrogens with one attached hydrogen (secondary N) is 1. The summed E-state index contributed by atoms with van der Waals surface area (Å²) in [6, 6.07) is 1.28. The lowest BCUT2D eigenvalue weighted by atomic mass is 10.0. The van der Waals surface area contributed by atoms with Gasteiger partial charge in [0.15, 0.2) is 0 Å². The van der Waals surface area contributed by atoms with Crippen LogP contribution in [0.4, 0.5) is 0 Å². The van der Waals surface area contributed by atoms with Gasteiger partial charge < -0.3 is 4.52 Å². The lowest BCUT2D eigenvalue weighted by molar-refractivity contribution is 0.276. The van der Waals surface area contributed by atoms with Gasteiger partial charge >= 0.3 is 0 Å². The van der Waals surface area contributed by atoms with Gasteiger partial charge in [0.2, 0.25) is 0 Å². The zero-order valence-corrected chi connectivity index (χ0v) is 11.5. The van der Waals surface area contributed by atoms with Crippen molar-refractivity contribution in [1.82, 2.24) is 14.2 Å². The second-order valence-electron chi connectivity index (χ2n) is 4.87. The molecule has 2 heterocycles. The van der Waals surface area contributed by atoms with Gasteiger partial charge in [-0.2, -0.15) is 17.4 Å². The van der Waals surface area contributed by atoms with Gasteiger partial charge in [-0.3, -0.25) is 0 Å². The highest BCUT2D eigenvalue weighted by atomic mass is 32.2. The first kappa shape index (κ1) is 13.5. The topological polar surface area (TPSA) is 75.4 Å². The highest BCUT2D eigenvalue weighted by Gasteiger charge is 2.28. The van der Waals surface area contributed by atoms with Gasteiger partial charge in [-0.05, 0) is 25.7 Å². The van der Waals surface area contributed by atoms with E-state index in [4.69, 9.17) is 4.52 Å². The molecule has 0 saturated carbocycles. The molecule has 0 amide bonds. The van der Waals surface area contributed by atoms with Gasteiger partial charge in [-0.1, -0.05) is 12.1 Å². The zero-order valence-electron chi connectivity index (χ0n) is 10.7. The molecule has 0 aliphatic carbocycles. The Hall–Kier alpha value is -0.920. The highest BCUT2D eigenvalue weighted by Crippen LogP contribution is 2.19. The zero-order chi connectivity index (χ0) is 13.2. The van der Waals surface area contributed by atoms with E-state index in [1.54, 1.807) is 13.0 Å². The van der Waals surface area contributed by atoms with Crippen molar-refractivity contribution in [2.75, 3.05) is 13.1 Å². The van der Waals surface area contributed by atoms with E-state index >= 15 is 0 Å². The van der Waals surface area contributed by atoms with E-state index in [0.29, 0.717) is 24.7 Å². The van der Waals surface area contributed by atoms with Crippen molar-refractivity contribution < 1.29 is 12.9 Å². The van der Waals surface area contributed by atoms with Crippen LogP contribution in [0.25, 0.3) is 0 Å². The summed E-state index contributed by atoms with van der Waals surface area (Å²) >= 11 is 0. The number of hydrogen-bond acceptors (Lipinski definition) is 4. The molecule has 1 fully saturated rings. The average Bonchev–Trinajstić information content (AvgIpc) is 2.82. The Balaban J connectivity index is 2.02. The van der Waals surface area contributed by atoms with Crippen LogP contribution in [-0.4, -0.2) is 31.0 Å². The molecule has 6 nitrogen and oxygen atoms in total. The van der Waals surface area contributed by atoms with Crippen molar-refractivity contribution >= 4 is 10.2 Å². The third-order valence-corrected chi connectivity index (χ3v) is 4.85. The minimum Gasteiger partial charge on any atom is -0.364 e. The van der Waals surface area contributed by atoms with E-state index in [-0.39, 0.29) is 6.04 Å². The van der Waals surface area contributed by atoms with Crippen LogP contribution in [0.5, 0.6) is 0 Å². The molecular weight excluding hydrogens is 254 g/mol. The van der Waals surface area contributed by atoms with Crippen molar-refractivity contribution in [3.05, 3.63) is 18.0 Å². The van der Waals surface area contributed by atoms with Gasteiger partial charge in [-0.15, -0.1) is 0 Å². The fraction of sp³-hybridized carbons (Fsp3) is 0.727. The maximum Gasteiger partial charge on any atom is 0.280 e. The van der Waals surface area contributed by atoms with Crippen LogP contribution in [0.3, 0.4) is 0 Å². The molecule has 1 N–H and O–H groups in total. The second kappa shape index (κ2) is 5.38. The predicted octanol–water partition coefficient (Wildman–Crippen LogP) is 1.30. The molecule has 2 rings (SSSR count). The molecule has 7 heteroatoms. The Morgan fingerprint density at radius 3 is 3.00 bits per heavy atom. The third kappa shape index (κ3) is 3.09.